The summed E-state index contributed by atoms with van der Waals surface area (Å²) in [6, 6.07) is 16.0. The third kappa shape index (κ3) is 4.88. The average molecular weight is 516 g/mol. The van der Waals surface area contributed by atoms with Gasteiger partial charge in [-0.15, -0.1) is 0 Å². The zero-order chi connectivity index (χ0) is 25.1. The smallest absolute Gasteiger partial charge is 0.407 e. The van der Waals surface area contributed by atoms with Crippen LogP contribution in [-0.2, 0) is 16.0 Å². The molecule has 3 aromatic carbocycles. The summed E-state index contributed by atoms with van der Waals surface area (Å²) in [6.45, 7) is 0.0596. The quantitative estimate of drug-likeness (QED) is 0.408. The Labute approximate surface area is 212 Å². The minimum absolute atomic E-state index is 0.0596. The molecule has 0 radical (unpaired) electrons. The molecular weight excluding hydrogens is 493 g/mol. The Kier molecular flexibility index (Phi) is 7.38. The molecule has 0 bridgehead atoms. The van der Waals surface area contributed by atoms with E-state index in [1.807, 2.05) is 48.5 Å². The van der Waals surface area contributed by atoms with Gasteiger partial charge in [-0.3, -0.25) is 0 Å². The zero-order valence-corrected chi connectivity index (χ0v) is 20.5. The van der Waals surface area contributed by atoms with Crippen molar-refractivity contribution in [2.24, 2.45) is 0 Å². The standard InChI is InChI=1S/C26H23Cl2NO6/c1-33-22-12-20(27)18(23(28)24(22)34-2)11-21(25(30)31)29-26(32)35-13-19-16-9-5-3-7-14(16)15-8-4-6-10-17(15)19/h3-10,12,19,21H,11,13H2,1-2H3,(H,29,32)(H,30,31). The van der Waals surface area contributed by atoms with E-state index in [-0.39, 0.29) is 34.7 Å². The van der Waals surface area contributed by atoms with Crippen LogP contribution in [0.15, 0.2) is 54.6 Å². The van der Waals surface area contributed by atoms with E-state index < -0.39 is 18.1 Å². The highest BCUT2D eigenvalue weighted by Crippen LogP contribution is 2.45. The van der Waals surface area contributed by atoms with Gasteiger partial charge in [0.05, 0.1) is 19.2 Å². The summed E-state index contributed by atoms with van der Waals surface area (Å²) < 4.78 is 15.9. The van der Waals surface area contributed by atoms with E-state index in [0.29, 0.717) is 11.3 Å². The third-order valence-electron chi connectivity index (χ3n) is 6.00. The van der Waals surface area contributed by atoms with Gasteiger partial charge in [-0.2, -0.15) is 0 Å². The molecule has 4 rings (SSSR count). The molecule has 0 saturated carbocycles. The fourth-order valence-electron chi connectivity index (χ4n) is 4.33. The van der Waals surface area contributed by atoms with Crippen LogP contribution in [0.25, 0.3) is 11.1 Å². The van der Waals surface area contributed by atoms with Crippen LogP contribution in [0.3, 0.4) is 0 Å². The molecule has 0 aromatic heterocycles. The second-order valence-corrected chi connectivity index (χ2v) is 8.74. The van der Waals surface area contributed by atoms with Crippen LogP contribution < -0.4 is 14.8 Å². The van der Waals surface area contributed by atoms with Crippen molar-refractivity contribution in [3.05, 3.63) is 81.3 Å². The van der Waals surface area contributed by atoms with Crippen molar-refractivity contribution in [1.29, 1.82) is 0 Å². The first kappa shape index (κ1) is 24.7. The molecule has 7 nitrogen and oxygen atoms in total. The lowest BCUT2D eigenvalue weighted by Crippen LogP contribution is -2.43. The number of hydrogen-bond acceptors (Lipinski definition) is 5. The molecule has 2 N–H and O–H groups in total. The summed E-state index contributed by atoms with van der Waals surface area (Å²) in [5.41, 5.74) is 4.61. The molecule has 1 aliphatic rings. The number of carbonyl (C=O) groups is 2. The van der Waals surface area contributed by atoms with E-state index in [0.717, 1.165) is 22.3 Å². The van der Waals surface area contributed by atoms with E-state index in [2.05, 4.69) is 5.32 Å². The first-order valence-electron chi connectivity index (χ1n) is 10.8. The molecule has 1 unspecified atom stereocenters. The predicted octanol–water partition coefficient (Wildman–Crippen LogP) is 5.55. The van der Waals surface area contributed by atoms with Crippen molar-refractivity contribution in [3.8, 4) is 22.6 Å². The Bertz CT molecular complexity index is 1230. The number of benzene rings is 3. The van der Waals surface area contributed by atoms with E-state index in [1.54, 1.807) is 0 Å². The lowest BCUT2D eigenvalue weighted by molar-refractivity contribution is -0.139. The first-order valence-corrected chi connectivity index (χ1v) is 11.5. The van der Waals surface area contributed by atoms with Gasteiger partial charge >= 0.3 is 12.1 Å². The number of ether oxygens (including phenoxy) is 3. The van der Waals surface area contributed by atoms with Gasteiger partial charge in [-0.25, -0.2) is 9.59 Å². The van der Waals surface area contributed by atoms with Crippen molar-refractivity contribution in [1.82, 2.24) is 5.32 Å². The van der Waals surface area contributed by atoms with Crippen LogP contribution in [0.2, 0.25) is 10.0 Å². The van der Waals surface area contributed by atoms with Crippen LogP contribution >= 0.6 is 23.2 Å². The minimum Gasteiger partial charge on any atom is -0.493 e. The number of halogens is 2. The lowest BCUT2D eigenvalue weighted by Gasteiger charge is -2.19. The van der Waals surface area contributed by atoms with Crippen molar-refractivity contribution in [2.75, 3.05) is 20.8 Å². The number of nitrogens with one attached hydrogen (secondary N) is 1. The van der Waals surface area contributed by atoms with E-state index >= 15 is 0 Å². The highest BCUT2D eigenvalue weighted by atomic mass is 35.5. The van der Waals surface area contributed by atoms with Gasteiger partial charge in [0.1, 0.15) is 12.6 Å². The molecular formula is C26H23Cl2NO6. The number of carbonyl (C=O) groups excluding carboxylic acids is 1. The fraction of sp³-hybridized carbons (Fsp3) is 0.231. The number of carboxylic acid groups (broad SMARTS) is 1. The lowest BCUT2D eigenvalue weighted by atomic mass is 9.98. The summed E-state index contributed by atoms with van der Waals surface area (Å²) in [5.74, 6) is -0.881. The van der Waals surface area contributed by atoms with Gasteiger partial charge in [0, 0.05) is 23.4 Å². The van der Waals surface area contributed by atoms with E-state index in [1.165, 1.54) is 20.3 Å². The average Bonchev–Trinajstić information content (AvgIpc) is 3.17. The predicted molar refractivity (Wildman–Crippen MR) is 133 cm³/mol. The van der Waals surface area contributed by atoms with Crippen molar-refractivity contribution in [2.45, 2.75) is 18.4 Å². The SMILES string of the molecule is COc1cc(Cl)c(CC(NC(=O)OCC2c3ccccc3-c3ccccc32)C(=O)O)c(Cl)c1OC. The van der Waals surface area contributed by atoms with Gasteiger partial charge in [0.15, 0.2) is 11.5 Å². The summed E-state index contributed by atoms with van der Waals surface area (Å²) >= 11 is 12.7. The molecule has 0 saturated heterocycles. The van der Waals surface area contributed by atoms with E-state index in [9.17, 15) is 14.7 Å². The van der Waals surface area contributed by atoms with Gasteiger partial charge in [-0.05, 0) is 27.8 Å². The van der Waals surface area contributed by atoms with Gasteiger partial charge in [0.25, 0.3) is 0 Å². The fourth-order valence-corrected chi connectivity index (χ4v) is 5.00. The Morgan fingerprint density at radius 3 is 2.14 bits per heavy atom. The normalized spacial score (nSPS) is 12.9. The third-order valence-corrected chi connectivity index (χ3v) is 6.74. The van der Waals surface area contributed by atoms with Crippen molar-refractivity contribution < 1.29 is 28.9 Å². The molecule has 9 heteroatoms. The largest absolute Gasteiger partial charge is 0.493 e. The molecule has 1 aliphatic carbocycles. The van der Waals surface area contributed by atoms with Crippen molar-refractivity contribution >= 4 is 35.3 Å². The Morgan fingerprint density at radius 2 is 1.60 bits per heavy atom. The molecule has 35 heavy (non-hydrogen) atoms. The number of carboxylic acids is 1. The Hall–Kier alpha value is -3.42. The Balaban J connectivity index is 1.48. The number of amides is 1. The minimum atomic E-state index is -1.33. The number of aliphatic carboxylic acids is 1. The van der Waals surface area contributed by atoms with Crippen LogP contribution in [0.1, 0.15) is 22.6 Å². The first-order chi connectivity index (χ1) is 16.8. The summed E-state index contributed by atoms with van der Waals surface area (Å²) in [4.78, 5) is 24.5. The second-order valence-electron chi connectivity index (χ2n) is 7.95. The molecule has 0 fully saturated rings. The van der Waals surface area contributed by atoms with Crippen molar-refractivity contribution in [3.63, 3.8) is 0 Å². The summed E-state index contributed by atoms with van der Waals surface area (Å²) in [6.07, 6.45) is -1.04. The zero-order valence-electron chi connectivity index (χ0n) is 19.0. The molecule has 1 amide bonds. The van der Waals surface area contributed by atoms with Crippen LogP contribution in [0.5, 0.6) is 11.5 Å². The van der Waals surface area contributed by atoms with Crippen LogP contribution in [0, 0.1) is 0 Å². The maximum absolute atomic E-state index is 12.6. The maximum atomic E-state index is 12.6. The topological polar surface area (TPSA) is 94.1 Å². The van der Waals surface area contributed by atoms with Crippen LogP contribution in [-0.4, -0.2) is 44.0 Å². The molecule has 0 heterocycles. The van der Waals surface area contributed by atoms with Gasteiger partial charge in [-0.1, -0.05) is 71.7 Å². The maximum Gasteiger partial charge on any atom is 0.407 e. The summed E-state index contributed by atoms with van der Waals surface area (Å²) in [5, 5.41) is 12.4. The monoisotopic (exact) mass is 515 g/mol. The highest BCUT2D eigenvalue weighted by Gasteiger charge is 2.30. The number of rotatable bonds is 8. The second kappa shape index (κ2) is 10.5. The molecule has 0 aliphatic heterocycles. The molecule has 1 atom stereocenters. The Morgan fingerprint density at radius 1 is 1.00 bits per heavy atom. The van der Waals surface area contributed by atoms with Crippen LogP contribution in [0.4, 0.5) is 4.79 Å². The van der Waals surface area contributed by atoms with E-state index in [4.69, 9.17) is 37.4 Å². The number of fused-ring (bicyclic) bond motifs is 3. The molecule has 182 valence electrons. The molecule has 3 aromatic rings. The highest BCUT2D eigenvalue weighted by molar-refractivity contribution is 6.37. The molecule has 0 spiro atoms. The van der Waals surface area contributed by atoms with Gasteiger partial charge < -0.3 is 24.6 Å². The number of hydrogen-bond donors (Lipinski definition) is 2. The number of alkyl carbamates (subject to hydrolysis) is 1. The number of methoxy groups -OCH3 is 2. The summed E-state index contributed by atoms with van der Waals surface area (Å²) in [7, 11) is 2.84. The van der Waals surface area contributed by atoms with Gasteiger partial charge in [0.2, 0.25) is 0 Å².